The Morgan fingerprint density at radius 3 is 2.32 bits per heavy atom. The van der Waals surface area contributed by atoms with Gasteiger partial charge < -0.3 is 14.9 Å². The lowest BCUT2D eigenvalue weighted by Gasteiger charge is -2.33. The van der Waals surface area contributed by atoms with Crippen molar-refractivity contribution < 1.29 is 5.11 Å². The van der Waals surface area contributed by atoms with Crippen LogP contribution in [0.15, 0.2) is 33.9 Å². The maximum Gasteiger partial charge on any atom is 0.332 e. The number of benzene rings is 1. The van der Waals surface area contributed by atoms with Gasteiger partial charge in [0.25, 0.3) is 5.56 Å². The third-order valence-corrected chi connectivity index (χ3v) is 6.16. The van der Waals surface area contributed by atoms with Crippen LogP contribution in [0.4, 0.5) is 11.5 Å². The minimum Gasteiger partial charge on any atom is -0.396 e. The predicted molar refractivity (Wildman–Crippen MR) is 126 cm³/mol. The maximum absolute atomic E-state index is 13.5. The Morgan fingerprint density at radius 2 is 1.71 bits per heavy atom. The molecule has 7 nitrogen and oxygen atoms in total. The van der Waals surface area contributed by atoms with Crippen molar-refractivity contribution in [2.75, 3.05) is 30.0 Å². The molecule has 1 aromatic heterocycles. The Labute approximate surface area is 184 Å². The van der Waals surface area contributed by atoms with Crippen LogP contribution >= 0.6 is 0 Å². The number of nitrogens with zero attached hydrogens (tertiary/aromatic N) is 4. The summed E-state index contributed by atoms with van der Waals surface area (Å²) in [5.74, 6) is 1.48. The molecular formula is C24H36N4O3. The summed E-state index contributed by atoms with van der Waals surface area (Å²) >= 11 is 0. The van der Waals surface area contributed by atoms with Gasteiger partial charge in [-0.2, -0.15) is 0 Å². The number of aromatic nitrogens is 2. The summed E-state index contributed by atoms with van der Waals surface area (Å²) in [5, 5.41) is 9.24. The zero-order valence-corrected chi connectivity index (χ0v) is 19.6. The van der Waals surface area contributed by atoms with E-state index in [0.717, 1.165) is 18.5 Å². The summed E-state index contributed by atoms with van der Waals surface area (Å²) in [5.41, 5.74) is 2.37. The number of anilines is 2. The van der Waals surface area contributed by atoms with E-state index >= 15 is 0 Å². The third kappa shape index (κ3) is 4.15. The van der Waals surface area contributed by atoms with Gasteiger partial charge in [-0.1, -0.05) is 52.0 Å². The number of aliphatic hydroxyl groups excluding tert-OH is 1. The molecule has 31 heavy (non-hydrogen) atoms. The normalized spacial score (nSPS) is 16.0. The Bertz CT molecular complexity index is 1040. The second-order valence-corrected chi connectivity index (χ2v) is 9.19. The average molecular weight is 429 g/mol. The van der Waals surface area contributed by atoms with E-state index in [4.69, 9.17) is 0 Å². The van der Waals surface area contributed by atoms with E-state index in [0.29, 0.717) is 29.8 Å². The molecule has 1 aliphatic rings. The van der Waals surface area contributed by atoms with Gasteiger partial charge in [-0.15, -0.1) is 0 Å². The quantitative estimate of drug-likeness (QED) is 0.700. The molecule has 0 fully saturated rings. The van der Waals surface area contributed by atoms with E-state index in [9.17, 15) is 14.7 Å². The molecule has 1 N–H and O–H groups in total. The first-order chi connectivity index (χ1) is 14.7. The van der Waals surface area contributed by atoms with Gasteiger partial charge in [-0.25, -0.2) is 4.79 Å². The highest BCUT2D eigenvalue weighted by Gasteiger charge is 2.40. The standard InChI is InChI=1S/C24H36N4O3/c1-16(2)12-14-27-20-22(26(6)24(31)28(23(20)30)13-9-15-29)25(5)21(27)19-11-8-7-10-18(19)17(3)4/h7-8,10-11,16-17,21,29H,9,12-15H2,1-6H3. The Hall–Kier alpha value is -2.54. The highest BCUT2D eigenvalue weighted by Crippen LogP contribution is 2.44. The Balaban J connectivity index is 2.24. The molecule has 0 spiro atoms. The molecule has 2 aromatic rings. The van der Waals surface area contributed by atoms with Gasteiger partial charge in [-0.05, 0) is 35.8 Å². The fraction of sp³-hybridized carbons (Fsp3) is 0.583. The second kappa shape index (κ2) is 9.30. The van der Waals surface area contributed by atoms with Crippen LogP contribution in [0.25, 0.3) is 0 Å². The van der Waals surface area contributed by atoms with Crippen molar-refractivity contribution in [3.63, 3.8) is 0 Å². The van der Waals surface area contributed by atoms with Gasteiger partial charge in [0.05, 0.1) is 0 Å². The van der Waals surface area contributed by atoms with Crippen LogP contribution in [-0.4, -0.2) is 34.4 Å². The lowest BCUT2D eigenvalue weighted by molar-refractivity contribution is 0.277. The Kier molecular flexibility index (Phi) is 6.94. The Morgan fingerprint density at radius 1 is 1.03 bits per heavy atom. The first-order valence-electron chi connectivity index (χ1n) is 11.2. The summed E-state index contributed by atoms with van der Waals surface area (Å²) in [6.07, 6.45) is 1.15. The van der Waals surface area contributed by atoms with Gasteiger partial charge in [0.15, 0.2) is 0 Å². The molecule has 1 unspecified atom stereocenters. The van der Waals surface area contributed by atoms with Crippen molar-refractivity contribution in [3.8, 4) is 0 Å². The zero-order chi connectivity index (χ0) is 22.9. The molecule has 170 valence electrons. The van der Waals surface area contributed by atoms with Crippen molar-refractivity contribution in [1.29, 1.82) is 0 Å². The van der Waals surface area contributed by atoms with Gasteiger partial charge in [0, 0.05) is 33.8 Å². The van der Waals surface area contributed by atoms with Crippen molar-refractivity contribution in [1.82, 2.24) is 9.13 Å². The summed E-state index contributed by atoms with van der Waals surface area (Å²) in [6.45, 7) is 9.59. The van der Waals surface area contributed by atoms with E-state index in [-0.39, 0.29) is 30.6 Å². The molecule has 1 aliphatic heterocycles. The van der Waals surface area contributed by atoms with Crippen LogP contribution in [0.5, 0.6) is 0 Å². The lowest BCUT2D eigenvalue weighted by Crippen LogP contribution is -2.41. The summed E-state index contributed by atoms with van der Waals surface area (Å²) in [7, 11) is 3.69. The zero-order valence-electron chi connectivity index (χ0n) is 19.6. The largest absolute Gasteiger partial charge is 0.396 e. The van der Waals surface area contributed by atoms with Crippen molar-refractivity contribution in [2.45, 2.75) is 59.2 Å². The van der Waals surface area contributed by atoms with Gasteiger partial charge in [0.1, 0.15) is 17.7 Å². The van der Waals surface area contributed by atoms with Crippen LogP contribution in [0.2, 0.25) is 0 Å². The SMILES string of the molecule is CC(C)CCN1c2c(n(C)c(=O)n(CCCO)c2=O)N(C)C1c1ccccc1C(C)C. The molecule has 0 radical (unpaired) electrons. The third-order valence-electron chi connectivity index (χ3n) is 6.16. The van der Waals surface area contributed by atoms with Crippen LogP contribution < -0.4 is 21.0 Å². The molecule has 7 heteroatoms. The number of hydrogen-bond donors (Lipinski definition) is 1. The maximum atomic E-state index is 13.5. The van der Waals surface area contributed by atoms with E-state index in [2.05, 4.69) is 55.7 Å². The van der Waals surface area contributed by atoms with Crippen LogP contribution in [-0.2, 0) is 13.6 Å². The molecule has 0 saturated heterocycles. The summed E-state index contributed by atoms with van der Waals surface area (Å²) in [4.78, 5) is 30.8. The van der Waals surface area contributed by atoms with Crippen LogP contribution in [0, 0.1) is 5.92 Å². The van der Waals surface area contributed by atoms with E-state index in [1.165, 1.54) is 10.1 Å². The molecule has 0 saturated carbocycles. The van der Waals surface area contributed by atoms with Gasteiger partial charge in [-0.3, -0.25) is 13.9 Å². The second-order valence-electron chi connectivity index (χ2n) is 9.19. The summed E-state index contributed by atoms with van der Waals surface area (Å²) < 4.78 is 2.84. The smallest absolute Gasteiger partial charge is 0.332 e. The lowest BCUT2D eigenvalue weighted by atomic mass is 9.94. The molecule has 1 aromatic carbocycles. The minimum absolute atomic E-state index is 0.0615. The highest BCUT2D eigenvalue weighted by atomic mass is 16.3. The molecule has 0 amide bonds. The fourth-order valence-corrected chi connectivity index (χ4v) is 4.55. The molecule has 0 bridgehead atoms. The van der Waals surface area contributed by atoms with Gasteiger partial charge >= 0.3 is 5.69 Å². The first kappa shape index (κ1) is 23.1. The van der Waals surface area contributed by atoms with Crippen molar-refractivity contribution >= 4 is 11.5 Å². The molecule has 2 heterocycles. The monoisotopic (exact) mass is 428 g/mol. The molecule has 3 rings (SSSR count). The first-order valence-corrected chi connectivity index (χ1v) is 11.2. The summed E-state index contributed by atoms with van der Waals surface area (Å²) in [6, 6.07) is 8.37. The highest BCUT2D eigenvalue weighted by molar-refractivity contribution is 5.74. The number of rotatable bonds is 8. The van der Waals surface area contributed by atoms with E-state index in [1.807, 2.05) is 13.1 Å². The predicted octanol–water partition coefficient (Wildman–Crippen LogP) is 3.05. The number of fused-ring (bicyclic) bond motifs is 1. The van der Waals surface area contributed by atoms with E-state index < -0.39 is 0 Å². The molecular weight excluding hydrogens is 392 g/mol. The molecule has 0 aliphatic carbocycles. The number of aliphatic hydroxyl groups is 1. The average Bonchev–Trinajstić information content (AvgIpc) is 3.02. The van der Waals surface area contributed by atoms with E-state index in [1.54, 1.807) is 11.6 Å². The topological polar surface area (TPSA) is 70.7 Å². The molecule has 1 atom stereocenters. The van der Waals surface area contributed by atoms with Crippen LogP contribution in [0.1, 0.15) is 63.7 Å². The number of hydrogen-bond acceptors (Lipinski definition) is 5. The van der Waals surface area contributed by atoms with Crippen molar-refractivity contribution in [2.24, 2.45) is 13.0 Å². The van der Waals surface area contributed by atoms with Crippen LogP contribution in [0.3, 0.4) is 0 Å². The fourth-order valence-electron chi connectivity index (χ4n) is 4.55. The van der Waals surface area contributed by atoms with Crippen molar-refractivity contribution in [3.05, 3.63) is 56.2 Å². The van der Waals surface area contributed by atoms with Gasteiger partial charge in [0.2, 0.25) is 0 Å². The minimum atomic E-state index is -0.342.